The first-order valence-corrected chi connectivity index (χ1v) is 10.0. The predicted octanol–water partition coefficient (Wildman–Crippen LogP) is 2.27. The van der Waals surface area contributed by atoms with Crippen molar-refractivity contribution in [3.63, 3.8) is 0 Å². The molecule has 9 heteroatoms. The lowest BCUT2D eigenvalue weighted by Gasteiger charge is -2.11. The summed E-state index contributed by atoms with van der Waals surface area (Å²) in [7, 11) is 0. The fraction of sp³-hybridized carbons (Fsp3) is 0.421. The second-order valence-corrected chi connectivity index (χ2v) is 7.92. The van der Waals surface area contributed by atoms with Crippen LogP contribution >= 0.6 is 11.3 Å². The van der Waals surface area contributed by atoms with Crippen molar-refractivity contribution in [3.8, 4) is 0 Å². The van der Waals surface area contributed by atoms with Crippen LogP contribution in [0.2, 0.25) is 0 Å². The highest BCUT2D eigenvalue weighted by Gasteiger charge is 2.17. The molecule has 3 heterocycles. The van der Waals surface area contributed by atoms with Crippen molar-refractivity contribution in [2.24, 2.45) is 5.73 Å². The van der Waals surface area contributed by atoms with E-state index in [4.69, 9.17) is 5.73 Å². The van der Waals surface area contributed by atoms with Gasteiger partial charge < -0.3 is 11.1 Å². The largest absolute Gasteiger partial charge is 0.365 e. The summed E-state index contributed by atoms with van der Waals surface area (Å²) in [5, 5.41) is 10.2. The number of fused-ring (bicyclic) bond motifs is 1. The molecule has 0 spiro atoms. The minimum atomic E-state index is -0.559. The van der Waals surface area contributed by atoms with Gasteiger partial charge in [0.25, 0.3) is 5.91 Å². The van der Waals surface area contributed by atoms with Gasteiger partial charge in [0, 0.05) is 29.1 Å². The third kappa shape index (κ3) is 4.04. The first kappa shape index (κ1) is 19.9. The van der Waals surface area contributed by atoms with Gasteiger partial charge in [-0.1, -0.05) is 13.8 Å². The highest BCUT2D eigenvalue weighted by molar-refractivity contribution is 7.09. The van der Waals surface area contributed by atoms with E-state index in [1.165, 1.54) is 6.20 Å². The predicted molar refractivity (Wildman–Crippen MR) is 107 cm³/mol. The summed E-state index contributed by atoms with van der Waals surface area (Å²) in [6.07, 6.45) is 2.29. The summed E-state index contributed by atoms with van der Waals surface area (Å²) < 4.78 is 1.60. The maximum atomic E-state index is 12.3. The number of rotatable bonds is 7. The second kappa shape index (κ2) is 8.05. The quantitative estimate of drug-likeness (QED) is 0.631. The Balaban J connectivity index is 1.65. The number of aryl methyl sites for hydroxylation is 2. The first-order valence-electron chi connectivity index (χ1n) is 9.12. The van der Waals surface area contributed by atoms with Crippen LogP contribution in [0.5, 0.6) is 0 Å². The molecular formula is C19H24N6O2S. The van der Waals surface area contributed by atoms with Crippen molar-refractivity contribution in [2.75, 3.05) is 0 Å². The van der Waals surface area contributed by atoms with Crippen LogP contribution in [0.3, 0.4) is 0 Å². The summed E-state index contributed by atoms with van der Waals surface area (Å²) in [4.78, 5) is 32.8. The molecule has 3 aromatic heterocycles. The second-order valence-electron chi connectivity index (χ2n) is 7.03. The zero-order chi connectivity index (χ0) is 20.4. The van der Waals surface area contributed by atoms with E-state index in [0.29, 0.717) is 36.5 Å². The van der Waals surface area contributed by atoms with E-state index in [1.54, 1.807) is 15.9 Å². The zero-order valence-corrected chi connectivity index (χ0v) is 17.3. The van der Waals surface area contributed by atoms with Crippen LogP contribution in [0.15, 0.2) is 11.6 Å². The highest BCUT2D eigenvalue weighted by Crippen LogP contribution is 2.20. The number of carbonyl (C=O) groups excluding carboxylic acids is 2. The van der Waals surface area contributed by atoms with Crippen molar-refractivity contribution in [1.29, 1.82) is 0 Å². The molecule has 0 radical (unpaired) electrons. The van der Waals surface area contributed by atoms with Gasteiger partial charge in [-0.25, -0.2) is 14.5 Å². The molecule has 148 valence electrons. The Morgan fingerprint density at radius 2 is 2.04 bits per heavy atom. The smallest absolute Gasteiger partial charge is 0.254 e. The number of nitrogens with zero attached hydrogens (tertiary/aromatic N) is 4. The van der Waals surface area contributed by atoms with E-state index < -0.39 is 5.91 Å². The molecule has 28 heavy (non-hydrogen) atoms. The zero-order valence-electron chi connectivity index (χ0n) is 16.4. The molecule has 2 amide bonds. The highest BCUT2D eigenvalue weighted by atomic mass is 32.1. The van der Waals surface area contributed by atoms with E-state index in [-0.39, 0.29) is 5.91 Å². The van der Waals surface area contributed by atoms with Crippen LogP contribution in [-0.4, -0.2) is 31.4 Å². The lowest BCUT2D eigenvalue weighted by molar-refractivity contribution is -0.121. The Morgan fingerprint density at radius 1 is 1.29 bits per heavy atom. The molecule has 0 atom stereocenters. The Morgan fingerprint density at radius 3 is 2.68 bits per heavy atom. The molecule has 3 aromatic rings. The molecular weight excluding hydrogens is 376 g/mol. The summed E-state index contributed by atoms with van der Waals surface area (Å²) >= 11 is 1.62. The number of nitrogens with one attached hydrogen (secondary N) is 1. The van der Waals surface area contributed by atoms with Gasteiger partial charge >= 0.3 is 0 Å². The number of primary amides is 1. The van der Waals surface area contributed by atoms with Crippen LogP contribution < -0.4 is 11.1 Å². The number of aromatic nitrogens is 4. The van der Waals surface area contributed by atoms with Crippen LogP contribution in [0.1, 0.15) is 64.2 Å². The van der Waals surface area contributed by atoms with Crippen LogP contribution in [-0.2, 0) is 17.8 Å². The third-order valence-corrected chi connectivity index (χ3v) is 5.80. The number of nitrogens with two attached hydrogens (primary N) is 1. The fourth-order valence-electron chi connectivity index (χ4n) is 3.03. The van der Waals surface area contributed by atoms with Crippen molar-refractivity contribution >= 4 is 28.8 Å². The number of hydrogen-bond donors (Lipinski definition) is 2. The maximum Gasteiger partial charge on any atom is 0.254 e. The molecule has 0 aliphatic carbocycles. The molecule has 0 fully saturated rings. The molecule has 8 nitrogen and oxygen atoms in total. The monoisotopic (exact) mass is 400 g/mol. The van der Waals surface area contributed by atoms with Crippen molar-refractivity contribution in [2.45, 2.75) is 53.0 Å². The summed E-state index contributed by atoms with van der Waals surface area (Å²) in [5.74, 6) is -0.215. The average molecular weight is 401 g/mol. The van der Waals surface area contributed by atoms with E-state index in [1.807, 2.05) is 19.2 Å². The molecule has 0 saturated carbocycles. The number of amides is 2. The number of thiazole rings is 1. The SMILES string of the molecule is Cc1nc2c(C(N)=O)cnn2c(C)c1CCC(=O)NCc1csc(C(C)C)n1. The minimum Gasteiger partial charge on any atom is -0.365 e. The molecule has 0 bridgehead atoms. The van der Waals surface area contributed by atoms with E-state index >= 15 is 0 Å². The van der Waals surface area contributed by atoms with Gasteiger partial charge in [0.1, 0.15) is 5.56 Å². The fourth-order valence-corrected chi connectivity index (χ4v) is 3.87. The Kier molecular flexibility index (Phi) is 5.73. The van der Waals surface area contributed by atoms with Crippen LogP contribution in [0, 0.1) is 13.8 Å². The Hall–Kier alpha value is -2.81. The molecule has 0 aliphatic rings. The van der Waals surface area contributed by atoms with Gasteiger partial charge in [-0.15, -0.1) is 11.3 Å². The molecule has 3 N–H and O–H groups in total. The average Bonchev–Trinajstić information content (AvgIpc) is 3.26. The molecule has 3 rings (SSSR count). The molecule has 0 aromatic carbocycles. The van der Waals surface area contributed by atoms with Gasteiger partial charge in [0.2, 0.25) is 5.91 Å². The van der Waals surface area contributed by atoms with Crippen molar-refractivity contribution < 1.29 is 9.59 Å². The molecule has 0 aliphatic heterocycles. The van der Waals surface area contributed by atoms with Crippen LogP contribution in [0.4, 0.5) is 0 Å². The van der Waals surface area contributed by atoms with Gasteiger partial charge in [0.15, 0.2) is 5.65 Å². The summed E-state index contributed by atoms with van der Waals surface area (Å²) in [5.41, 5.74) is 9.55. The lowest BCUT2D eigenvalue weighted by atomic mass is 10.1. The van der Waals surface area contributed by atoms with Crippen molar-refractivity contribution in [3.05, 3.63) is 44.8 Å². The van der Waals surface area contributed by atoms with Crippen molar-refractivity contribution in [1.82, 2.24) is 24.9 Å². The first-order chi connectivity index (χ1) is 13.3. The maximum absolute atomic E-state index is 12.3. The van der Waals surface area contributed by atoms with Gasteiger partial charge in [-0.2, -0.15) is 5.10 Å². The van der Waals surface area contributed by atoms with E-state index in [2.05, 4.69) is 34.2 Å². The van der Waals surface area contributed by atoms with Crippen LogP contribution in [0.25, 0.3) is 5.65 Å². The molecule has 0 saturated heterocycles. The summed E-state index contributed by atoms with van der Waals surface area (Å²) in [6, 6.07) is 0. The lowest BCUT2D eigenvalue weighted by Crippen LogP contribution is -2.23. The van der Waals surface area contributed by atoms with Gasteiger partial charge in [0.05, 0.1) is 23.4 Å². The molecule has 0 unspecified atom stereocenters. The standard InChI is InChI=1S/C19H24N6O2S/c1-10(2)19-24-13(9-28-19)7-21-16(26)6-5-14-11(3)23-18-15(17(20)27)8-22-25(18)12(14)4/h8-10H,5-7H2,1-4H3,(H2,20,27)(H,21,26). The van der Waals surface area contributed by atoms with E-state index in [0.717, 1.165) is 27.7 Å². The third-order valence-electron chi connectivity index (χ3n) is 4.61. The topological polar surface area (TPSA) is 115 Å². The normalized spacial score (nSPS) is 11.3. The Bertz CT molecular complexity index is 1040. The van der Waals surface area contributed by atoms with Gasteiger partial charge in [-0.3, -0.25) is 9.59 Å². The number of hydrogen-bond acceptors (Lipinski definition) is 6. The van der Waals surface area contributed by atoms with Gasteiger partial charge in [-0.05, 0) is 25.8 Å². The van der Waals surface area contributed by atoms with E-state index in [9.17, 15) is 9.59 Å². The minimum absolute atomic E-state index is 0.0451. The number of carbonyl (C=O) groups is 2. The summed E-state index contributed by atoms with van der Waals surface area (Å²) in [6.45, 7) is 8.39. The Labute approximate surface area is 167 Å².